The number of hydrogen-bond acceptors (Lipinski definition) is 2. The van der Waals surface area contributed by atoms with Crippen molar-refractivity contribution in [1.82, 2.24) is 10.6 Å². The fourth-order valence-corrected chi connectivity index (χ4v) is 0.569. The van der Waals surface area contributed by atoms with Crippen molar-refractivity contribution < 1.29 is 9.59 Å². The summed E-state index contributed by atoms with van der Waals surface area (Å²) in [5.74, 6) is -0.742. The highest BCUT2D eigenvalue weighted by molar-refractivity contribution is 6.27. The molecule has 0 bridgehead atoms. The van der Waals surface area contributed by atoms with Gasteiger partial charge in [-0.1, -0.05) is 6.08 Å². The van der Waals surface area contributed by atoms with E-state index >= 15 is 0 Å². The SMILES string of the molecule is C=CCNC(=O)CNC(=O)CCl. The molecule has 0 spiro atoms. The van der Waals surface area contributed by atoms with E-state index in [9.17, 15) is 9.59 Å². The van der Waals surface area contributed by atoms with E-state index in [0.717, 1.165) is 0 Å². The van der Waals surface area contributed by atoms with E-state index in [1.54, 1.807) is 6.08 Å². The quantitative estimate of drug-likeness (QED) is 0.460. The minimum absolute atomic E-state index is 0.0423. The number of carbonyl (C=O) groups excluding carboxylic acids is 2. The molecule has 0 saturated carbocycles. The van der Waals surface area contributed by atoms with Crippen LogP contribution in [0.3, 0.4) is 0 Å². The predicted molar refractivity (Wildman–Crippen MR) is 46.9 cm³/mol. The topological polar surface area (TPSA) is 58.2 Å². The first kappa shape index (κ1) is 11.0. The first-order chi connectivity index (χ1) is 5.70. The van der Waals surface area contributed by atoms with Gasteiger partial charge in [-0.25, -0.2) is 0 Å². The lowest BCUT2D eigenvalue weighted by molar-refractivity contribution is -0.124. The molecule has 68 valence electrons. The highest BCUT2D eigenvalue weighted by Gasteiger charge is 2.01. The monoisotopic (exact) mass is 190 g/mol. The van der Waals surface area contributed by atoms with Gasteiger partial charge in [0.15, 0.2) is 0 Å². The average Bonchev–Trinajstić information content (AvgIpc) is 2.10. The minimum atomic E-state index is -0.356. The zero-order valence-corrected chi connectivity index (χ0v) is 7.36. The Morgan fingerprint density at radius 2 is 2.00 bits per heavy atom. The lowest BCUT2D eigenvalue weighted by Crippen LogP contribution is -2.37. The molecule has 2 N–H and O–H groups in total. The van der Waals surface area contributed by atoms with Gasteiger partial charge in [0.1, 0.15) is 5.88 Å². The van der Waals surface area contributed by atoms with E-state index in [2.05, 4.69) is 17.2 Å². The van der Waals surface area contributed by atoms with E-state index in [1.807, 2.05) is 0 Å². The number of amides is 2. The molecule has 12 heavy (non-hydrogen) atoms. The molecule has 4 nitrogen and oxygen atoms in total. The van der Waals surface area contributed by atoms with Gasteiger partial charge in [-0.2, -0.15) is 0 Å². The summed E-state index contributed by atoms with van der Waals surface area (Å²) in [6.07, 6.45) is 1.56. The van der Waals surface area contributed by atoms with Gasteiger partial charge in [0, 0.05) is 6.54 Å². The van der Waals surface area contributed by atoms with Gasteiger partial charge in [-0.05, 0) is 0 Å². The van der Waals surface area contributed by atoms with Crippen LogP contribution in [-0.2, 0) is 9.59 Å². The second kappa shape index (κ2) is 6.67. The first-order valence-electron chi connectivity index (χ1n) is 3.41. The normalized spacial score (nSPS) is 8.75. The maximum Gasteiger partial charge on any atom is 0.239 e. The Labute approximate surface area is 76.0 Å². The van der Waals surface area contributed by atoms with Crippen LogP contribution in [0, 0.1) is 0 Å². The number of hydrogen-bond donors (Lipinski definition) is 2. The van der Waals surface area contributed by atoms with Gasteiger partial charge in [0.2, 0.25) is 11.8 Å². The molecule has 2 amide bonds. The zero-order valence-electron chi connectivity index (χ0n) is 6.60. The van der Waals surface area contributed by atoms with E-state index in [4.69, 9.17) is 11.6 Å². The van der Waals surface area contributed by atoms with Crippen LogP contribution in [0.1, 0.15) is 0 Å². The van der Waals surface area contributed by atoms with Crippen LogP contribution < -0.4 is 10.6 Å². The number of rotatable bonds is 5. The lowest BCUT2D eigenvalue weighted by Gasteiger charge is -2.02. The molecule has 0 fully saturated rings. The Kier molecular flexibility index (Phi) is 6.09. The summed E-state index contributed by atoms with van der Waals surface area (Å²) in [4.78, 5) is 21.4. The molecule has 0 radical (unpaired) electrons. The van der Waals surface area contributed by atoms with Crippen LogP contribution in [0.25, 0.3) is 0 Å². The molecule has 0 atom stereocenters. The van der Waals surface area contributed by atoms with E-state index in [0.29, 0.717) is 6.54 Å². The van der Waals surface area contributed by atoms with E-state index < -0.39 is 0 Å². The summed E-state index contributed by atoms with van der Waals surface area (Å²) in [6.45, 7) is 3.78. The molecular weight excluding hydrogens is 180 g/mol. The fraction of sp³-hybridized carbons (Fsp3) is 0.429. The van der Waals surface area contributed by atoms with Gasteiger partial charge in [-0.15, -0.1) is 18.2 Å². The number of nitrogens with one attached hydrogen (secondary N) is 2. The molecule has 0 heterocycles. The van der Waals surface area contributed by atoms with Crippen molar-refractivity contribution in [3.05, 3.63) is 12.7 Å². The first-order valence-corrected chi connectivity index (χ1v) is 3.94. The van der Waals surface area contributed by atoms with Gasteiger partial charge in [-0.3, -0.25) is 9.59 Å². The third-order valence-corrected chi connectivity index (χ3v) is 1.25. The molecule has 0 aromatic heterocycles. The number of carbonyl (C=O) groups is 2. The molecule has 0 saturated heterocycles. The Hall–Kier alpha value is -1.03. The van der Waals surface area contributed by atoms with E-state index in [-0.39, 0.29) is 24.2 Å². The molecule has 0 aliphatic carbocycles. The molecule has 0 aromatic rings. The van der Waals surface area contributed by atoms with Crippen LogP contribution in [-0.4, -0.2) is 30.8 Å². The van der Waals surface area contributed by atoms with E-state index in [1.165, 1.54) is 0 Å². The Bertz CT molecular complexity index is 182. The Morgan fingerprint density at radius 3 is 2.50 bits per heavy atom. The third kappa shape index (κ3) is 5.73. The molecule has 0 aromatic carbocycles. The maximum absolute atomic E-state index is 10.8. The van der Waals surface area contributed by atoms with Crippen molar-refractivity contribution in [3.8, 4) is 0 Å². The summed E-state index contributed by atoms with van der Waals surface area (Å²) in [5, 5.41) is 4.82. The average molecular weight is 191 g/mol. The van der Waals surface area contributed by atoms with Crippen molar-refractivity contribution in [2.24, 2.45) is 0 Å². The molecule has 0 unspecified atom stereocenters. The van der Waals surface area contributed by atoms with Crippen molar-refractivity contribution in [1.29, 1.82) is 0 Å². The lowest BCUT2D eigenvalue weighted by atomic mass is 10.5. The molecular formula is C7H11ClN2O2. The number of alkyl halides is 1. The molecule has 0 aliphatic heterocycles. The van der Waals surface area contributed by atoms with Gasteiger partial charge < -0.3 is 10.6 Å². The summed E-state index contributed by atoms with van der Waals surface area (Å²) >= 11 is 5.18. The molecule has 0 rings (SSSR count). The smallest absolute Gasteiger partial charge is 0.239 e. The van der Waals surface area contributed by atoms with Crippen LogP contribution >= 0.6 is 11.6 Å². The van der Waals surface area contributed by atoms with Crippen molar-refractivity contribution in [2.45, 2.75) is 0 Å². The summed E-state index contributed by atoms with van der Waals surface area (Å²) in [5.41, 5.74) is 0. The third-order valence-electron chi connectivity index (χ3n) is 1.01. The Morgan fingerprint density at radius 1 is 1.33 bits per heavy atom. The highest BCUT2D eigenvalue weighted by Crippen LogP contribution is 1.73. The van der Waals surface area contributed by atoms with Crippen LogP contribution in [0.4, 0.5) is 0 Å². The highest BCUT2D eigenvalue weighted by atomic mass is 35.5. The van der Waals surface area contributed by atoms with Crippen molar-refractivity contribution in [3.63, 3.8) is 0 Å². The number of halogens is 1. The fourth-order valence-electron chi connectivity index (χ4n) is 0.475. The standard InChI is InChI=1S/C7H11ClN2O2/c1-2-3-9-7(12)5-10-6(11)4-8/h2H,1,3-5H2,(H,9,12)(H,10,11). The van der Waals surface area contributed by atoms with Crippen molar-refractivity contribution >= 4 is 23.4 Å². The zero-order chi connectivity index (χ0) is 9.40. The van der Waals surface area contributed by atoms with Gasteiger partial charge in [0.05, 0.1) is 6.54 Å². The van der Waals surface area contributed by atoms with Crippen molar-refractivity contribution in [2.75, 3.05) is 19.0 Å². The summed E-state index contributed by atoms with van der Waals surface area (Å²) < 4.78 is 0. The summed E-state index contributed by atoms with van der Waals surface area (Å²) in [6, 6.07) is 0. The van der Waals surface area contributed by atoms with Gasteiger partial charge >= 0.3 is 0 Å². The van der Waals surface area contributed by atoms with Crippen LogP contribution in [0.5, 0.6) is 0 Å². The van der Waals surface area contributed by atoms with Crippen LogP contribution in [0.2, 0.25) is 0 Å². The van der Waals surface area contributed by atoms with Crippen LogP contribution in [0.15, 0.2) is 12.7 Å². The molecule has 0 aliphatic rings. The van der Waals surface area contributed by atoms with Gasteiger partial charge in [0.25, 0.3) is 0 Å². The maximum atomic E-state index is 10.8. The summed E-state index contributed by atoms with van der Waals surface area (Å²) in [7, 11) is 0. The largest absolute Gasteiger partial charge is 0.351 e. The Balaban J connectivity index is 3.43. The second-order valence-electron chi connectivity index (χ2n) is 2.00. The predicted octanol–water partition coefficient (Wildman–Crippen LogP) is -0.356. The minimum Gasteiger partial charge on any atom is -0.351 e. The molecule has 5 heteroatoms. The second-order valence-corrected chi connectivity index (χ2v) is 2.27.